The first-order valence-corrected chi connectivity index (χ1v) is 5.57. The molecule has 0 unspecified atom stereocenters. The second kappa shape index (κ2) is 5.40. The number of carbonyl (C=O) groups is 1. The van der Waals surface area contributed by atoms with Crippen LogP contribution in [0.25, 0.3) is 0 Å². The molecule has 3 nitrogen and oxygen atoms in total. The number of rotatable bonds is 4. The summed E-state index contributed by atoms with van der Waals surface area (Å²) < 4.78 is 14.7. The van der Waals surface area contributed by atoms with Gasteiger partial charge in [0.1, 0.15) is 5.82 Å². The van der Waals surface area contributed by atoms with Gasteiger partial charge in [-0.1, -0.05) is 24.3 Å². The average Bonchev–Trinajstić information content (AvgIpc) is 2.35. The van der Waals surface area contributed by atoms with Crippen LogP contribution in [-0.4, -0.2) is 10.4 Å². The van der Waals surface area contributed by atoms with E-state index >= 15 is 0 Å². The molecule has 0 saturated heterocycles. The van der Waals surface area contributed by atoms with E-state index in [1.54, 1.807) is 36.5 Å². The van der Waals surface area contributed by atoms with Crippen molar-refractivity contribution in [1.29, 1.82) is 0 Å². The third kappa shape index (κ3) is 2.91. The molecule has 0 atom stereocenters. The van der Waals surface area contributed by atoms with Crippen LogP contribution < -0.4 is 5.56 Å². The molecule has 1 aromatic heterocycles. The molecule has 2 aromatic rings. The summed E-state index contributed by atoms with van der Waals surface area (Å²) in [6.07, 6.45) is 1.54. The van der Waals surface area contributed by atoms with Gasteiger partial charge in [0, 0.05) is 18.7 Å². The van der Waals surface area contributed by atoms with Gasteiger partial charge >= 0.3 is 0 Å². The van der Waals surface area contributed by atoms with Crippen LogP contribution >= 0.6 is 0 Å². The lowest BCUT2D eigenvalue weighted by Crippen LogP contribution is -2.23. The molecule has 0 aliphatic carbocycles. The lowest BCUT2D eigenvalue weighted by Gasteiger charge is -2.05. The van der Waals surface area contributed by atoms with Gasteiger partial charge in [-0.3, -0.25) is 9.59 Å². The van der Waals surface area contributed by atoms with E-state index < -0.39 is 5.82 Å². The summed E-state index contributed by atoms with van der Waals surface area (Å²) >= 11 is 0. The number of pyridine rings is 1. The molecule has 18 heavy (non-hydrogen) atoms. The molecule has 0 radical (unpaired) electrons. The molecule has 0 amide bonds. The first-order valence-electron chi connectivity index (χ1n) is 5.57. The van der Waals surface area contributed by atoms with E-state index in [-0.39, 0.29) is 24.3 Å². The van der Waals surface area contributed by atoms with E-state index in [1.807, 2.05) is 0 Å². The summed E-state index contributed by atoms with van der Waals surface area (Å²) in [7, 11) is 0. The van der Waals surface area contributed by atoms with E-state index in [4.69, 9.17) is 0 Å². The van der Waals surface area contributed by atoms with Crippen molar-refractivity contribution < 1.29 is 9.18 Å². The molecule has 0 saturated carbocycles. The SMILES string of the molecule is O=C(Cc1ccccc1F)Cn1ccccc1=O. The summed E-state index contributed by atoms with van der Waals surface area (Å²) in [5, 5.41) is 0. The Morgan fingerprint density at radius 2 is 1.83 bits per heavy atom. The summed E-state index contributed by atoms with van der Waals surface area (Å²) in [5.41, 5.74) is 0.117. The number of ketones is 1. The number of carbonyl (C=O) groups excluding carboxylic acids is 1. The predicted molar refractivity (Wildman–Crippen MR) is 65.8 cm³/mol. The van der Waals surface area contributed by atoms with Gasteiger partial charge in [-0.25, -0.2) is 4.39 Å². The van der Waals surface area contributed by atoms with Crippen LogP contribution in [0.3, 0.4) is 0 Å². The van der Waals surface area contributed by atoms with Crippen LogP contribution in [-0.2, 0) is 17.8 Å². The number of aromatic nitrogens is 1. The van der Waals surface area contributed by atoms with Crippen LogP contribution in [0, 0.1) is 5.82 Å². The molecule has 92 valence electrons. The number of hydrogen-bond donors (Lipinski definition) is 0. The molecule has 0 N–H and O–H groups in total. The fourth-order valence-corrected chi connectivity index (χ4v) is 1.69. The van der Waals surface area contributed by atoms with Crippen molar-refractivity contribution in [2.75, 3.05) is 0 Å². The van der Waals surface area contributed by atoms with Gasteiger partial charge < -0.3 is 4.57 Å². The van der Waals surface area contributed by atoms with Crippen molar-refractivity contribution in [3.63, 3.8) is 0 Å². The zero-order chi connectivity index (χ0) is 13.0. The Morgan fingerprint density at radius 1 is 1.11 bits per heavy atom. The molecule has 0 aliphatic rings. The Balaban J connectivity index is 2.09. The number of benzene rings is 1. The Bertz CT molecular complexity index is 619. The molecule has 1 aromatic carbocycles. The smallest absolute Gasteiger partial charge is 0.250 e. The van der Waals surface area contributed by atoms with E-state index in [2.05, 4.69) is 0 Å². The maximum Gasteiger partial charge on any atom is 0.250 e. The van der Waals surface area contributed by atoms with Gasteiger partial charge in [-0.2, -0.15) is 0 Å². The predicted octanol–water partition coefficient (Wildman–Crippen LogP) is 1.80. The largest absolute Gasteiger partial charge is 0.308 e. The Labute approximate surface area is 104 Å². The monoisotopic (exact) mass is 245 g/mol. The highest BCUT2D eigenvalue weighted by Crippen LogP contribution is 2.07. The van der Waals surface area contributed by atoms with Gasteiger partial charge in [-0.05, 0) is 17.7 Å². The fourth-order valence-electron chi connectivity index (χ4n) is 1.69. The van der Waals surface area contributed by atoms with E-state index in [0.29, 0.717) is 5.56 Å². The summed E-state index contributed by atoms with van der Waals surface area (Å²) in [4.78, 5) is 23.2. The Kier molecular flexibility index (Phi) is 3.67. The first-order chi connectivity index (χ1) is 8.66. The normalized spacial score (nSPS) is 10.3. The van der Waals surface area contributed by atoms with Gasteiger partial charge in [0.25, 0.3) is 5.56 Å². The highest BCUT2D eigenvalue weighted by atomic mass is 19.1. The van der Waals surface area contributed by atoms with Gasteiger partial charge in [0.05, 0.1) is 6.54 Å². The van der Waals surface area contributed by atoms with Crippen LogP contribution in [0.5, 0.6) is 0 Å². The number of halogens is 1. The van der Waals surface area contributed by atoms with Crippen LogP contribution in [0.4, 0.5) is 4.39 Å². The molecule has 0 fully saturated rings. The minimum Gasteiger partial charge on any atom is -0.308 e. The second-order valence-corrected chi connectivity index (χ2v) is 3.97. The maximum atomic E-state index is 13.3. The first kappa shape index (κ1) is 12.2. The molecule has 4 heteroatoms. The third-order valence-corrected chi connectivity index (χ3v) is 2.59. The van der Waals surface area contributed by atoms with Crippen molar-refractivity contribution in [2.24, 2.45) is 0 Å². The van der Waals surface area contributed by atoms with Crippen LogP contribution in [0.1, 0.15) is 5.56 Å². The highest BCUT2D eigenvalue weighted by Gasteiger charge is 2.08. The summed E-state index contributed by atoms with van der Waals surface area (Å²) in [6.45, 7) is -0.0337. The summed E-state index contributed by atoms with van der Waals surface area (Å²) in [6, 6.07) is 10.8. The van der Waals surface area contributed by atoms with Crippen molar-refractivity contribution >= 4 is 5.78 Å². The van der Waals surface area contributed by atoms with Crippen molar-refractivity contribution in [1.82, 2.24) is 4.57 Å². The van der Waals surface area contributed by atoms with E-state index in [9.17, 15) is 14.0 Å². The fraction of sp³-hybridized carbons (Fsp3) is 0.143. The zero-order valence-electron chi connectivity index (χ0n) is 9.67. The topological polar surface area (TPSA) is 39.1 Å². The molecule has 0 bridgehead atoms. The van der Waals surface area contributed by atoms with Gasteiger partial charge in [0.15, 0.2) is 5.78 Å². The lowest BCUT2D eigenvalue weighted by atomic mass is 10.1. The molecule has 0 aliphatic heterocycles. The lowest BCUT2D eigenvalue weighted by molar-refractivity contribution is -0.119. The number of hydrogen-bond acceptors (Lipinski definition) is 2. The van der Waals surface area contributed by atoms with Crippen LogP contribution in [0.15, 0.2) is 53.5 Å². The zero-order valence-corrected chi connectivity index (χ0v) is 9.67. The van der Waals surface area contributed by atoms with Crippen molar-refractivity contribution in [2.45, 2.75) is 13.0 Å². The van der Waals surface area contributed by atoms with E-state index in [1.165, 1.54) is 16.7 Å². The maximum absolute atomic E-state index is 13.3. The molecular formula is C14H12FNO2. The average molecular weight is 245 g/mol. The van der Waals surface area contributed by atoms with Crippen LogP contribution in [0.2, 0.25) is 0 Å². The Morgan fingerprint density at radius 3 is 2.56 bits per heavy atom. The molecular weight excluding hydrogens is 233 g/mol. The summed E-state index contributed by atoms with van der Waals surface area (Å²) in [5.74, 6) is -0.598. The molecule has 2 rings (SSSR count). The minimum atomic E-state index is -0.397. The second-order valence-electron chi connectivity index (χ2n) is 3.97. The minimum absolute atomic E-state index is 0.00594. The number of Topliss-reactive ketones (excluding diaryl/α,β-unsaturated/α-hetero) is 1. The standard InChI is InChI=1S/C14H12FNO2/c15-13-6-2-1-5-11(13)9-12(17)10-16-8-4-3-7-14(16)18/h1-8H,9-10H2. The number of nitrogens with zero attached hydrogens (tertiary/aromatic N) is 1. The van der Waals surface area contributed by atoms with Gasteiger partial charge in [-0.15, -0.1) is 0 Å². The van der Waals surface area contributed by atoms with E-state index in [0.717, 1.165) is 0 Å². The Hall–Kier alpha value is -2.23. The molecule has 1 heterocycles. The van der Waals surface area contributed by atoms with Crippen molar-refractivity contribution in [3.8, 4) is 0 Å². The third-order valence-electron chi connectivity index (χ3n) is 2.59. The molecule has 0 spiro atoms. The van der Waals surface area contributed by atoms with Gasteiger partial charge in [0.2, 0.25) is 0 Å². The highest BCUT2D eigenvalue weighted by molar-refractivity contribution is 5.80. The van der Waals surface area contributed by atoms with Crippen molar-refractivity contribution in [3.05, 3.63) is 70.4 Å². The quantitative estimate of drug-likeness (QED) is 0.824.